The van der Waals surface area contributed by atoms with Crippen LogP contribution in [0, 0.1) is 11.8 Å². The third-order valence-corrected chi connectivity index (χ3v) is 9.86. The lowest BCUT2D eigenvalue weighted by Gasteiger charge is -2.45. The van der Waals surface area contributed by atoms with Gasteiger partial charge in [-0.3, -0.25) is 33.6 Å². The maximum absolute atomic E-state index is 13.9. The number of hydrogen-bond donors (Lipinski definition) is 4. The zero-order chi connectivity index (χ0) is 37.2. The van der Waals surface area contributed by atoms with Crippen molar-refractivity contribution in [2.45, 2.75) is 116 Å². The Kier molecular flexibility index (Phi) is 15.5. The van der Waals surface area contributed by atoms with Gasteiger partial charge in [0.2, 0.25) is 35.4 Å². The van der Waals surface area contributed by atoms with Gasteiger partial charge in [0.05, 0.1) is 13.0 Å². The first kappa shape index (κ1) is 40.9. The summed E-state index contributed by atoms with van der Waals surface area (Å²) in [5.41, 5.74) is 0. The molecule has 2 fully saturated rings. The number of nitrogens with zero attached hydrogens (tertiary/aromatic N) is 4. The van der Waals surface area contributed by atoms with Crippen LogP contribution in [-0.2, 0) is 38.4 Å². The summed E-state index contributed by atoms with van der Waals surface area (Å²) < 4.78 is 0. The lowest BCUT2D eigenvalue weighted by atomic mass is 9.84. The van der Waals surface area contributed by atoms with Crippen LogP contribution in [0.2, 0.25) is 0 Å². The Balaban J connectivity index is 2.21. The normalized spacial score (nSPS) is 19.2. The van der Waals surface area contributed by atoms with E-state index in [0.29, 0.717) is 19.3 Å². The van der Waals surface area contributed by atoms with Crippen molar-refractivity contribution < 1.29 is 48.6 Å². The van der Waals surface area contributed by atoms with Gasteiger partial charge in [-0.05, 0) is 31.6 Å². The highest BCUT2D eigenvalue weighted by Crippen LogP contribution is 2.30. The molecule has 276 valence electrons. The first-order valence-corrected chi connectivity index (χ1v) is 17.0. The van der Waals surface area contributed by atoms with Gasteiger partial charge in [-0.25, -0.2) is 4.79 Å². The van der Waals surface area contributed by atoms with Gasteiger partial charge in [-0.1, -0.05) is 52.4 Å². The van der Waals surface area contributed by atoms with Gasteiger partial charge in [-0.15, -0.1) is 0 Å². The Labute approximate surface area is 287 Å². The smallest absolute Gasteiger partial charge is 0.326 e. The van der Waals surface area contributed by atoms with Crippen LogP contribution in [0.4, 0.5) is 0 Å². The number of rotatable bonds is 17. The fourth-order valence-electron chi connectivity index (χ4n) is 6.34. The molecule has 16 heteroatoms. The van der Waals surface area contributed by atoms with Crippen molar-refractivity contribution in [2.75, 3.05) is 34.2 Å². The maximum Gasteiger partial charge on any atom is 0.326 e. The van der Waals surface area contributed by atoms with Gasteiger partial charge < -0.3 is 40.4 Å². The molecule has 0 aromatic rings. The minimum atomic E-state index is -1.68. The van der Waals surface area contributed by atoms with E-state index in [4.69, 9.17) is 5.11 Å². The molecule has 0 aromatic carbocycles. The van der Waals surface area contributed by atoms with Gasteiger partial charge in [0, 0.05) is 34.6 Å². The molecule has 1 aliphatic heterocycles. The topological polar surface area (TPSA) is 214 Å². The molecule has 0 aromatic heterocycles. The average Bonchev–Trinajstić information content (AvgIpc) is 3.03. The van der Waals surface area contributed by atoms with Crippen LogP contribution in [0.15, 0.2) is 0 Å². The number of carbonyl (C=O) groups excluding carboxylic acids is 6. The highest BCUT2D eigenvalue weighted by molar-refractivity contribution is 5.97. The lowest BCUT2D eigenvalue weighted by Crippen LogP contribution is -2.64. The lowest BCUT2D eigenvalue weighted by molar-refractivity contribution is -0.160. The Morgan fingerprint density at radius 3 is 1.96 bits per heavy atom. The number of carboxylic acid groups (broad SMARTS) is 2. The van der Waals surface area contributed by atoms with Gasteiger partial charge in [0.25, 0.3) is 0 Å². The second-order valence-corrected chi connectivity index (χ2v) is 13.5. The van der Waals surface area contributed by atoms with Gasteiger partial charge in [0.1, 0.15) is 30.2 Å². The molecule has 1 saturated carbocycles. The first-order valence-electron chi connectivity index (χ1n) is 17.0. The zero-order valence-electron chi connectivity index (χ0n) is 29.8. The maximum atomic E-state index is 13.9. The summed E-state index contributed by atoms with van der Waals surface area (Å²) in [6, 6.07) is -5.28. The van der Waals surface area contributed by atoms with Crippen molar-refractivity contribution in [2.24, 2.45) is 11.8 Å². The molecular formula is C33H54N6O10. The van der Waals surface area contributed by atoms with Crippen molar-refractivity contribution >= 4 is 47.4 Å². The van der Waals surface area contributed by atoms with Crippen LogP contribution in [0.3, 0.4) is 0 Å². The Hall–Kier alpha value is -4.24. The molecule has 2 aliphatic rings. The number of nitrogens with one attached hydrogen (secondary N) is 2. The predicted octanol–water partition coefficient (Wildman–Crippen LogP) is 0.285. The van der Waals surface area contributed by atoms with E-state index in [9.17, 15) is 43.5 Å². The fraction of sp³-hybridized carbons (Fsp3) is 0.758. The second-order valence-electron chi connectivity index (χ2n) is 13.5. The number of amides is 6. The SMILES string of the molecule is CC[C@H](C)[C@H](NC(C)=O)C(=O)N(C)[C@@H](C)C(=O)N1CC[C@H]1C(=O)N(C)[C@@H](CC1CCCCC1)C(=O)N(C)CC(=O)N[C@@H](CC(=O)O)C(=O)O. The van der Waals surface area contributed by atoms with E-state index in [1.807, 2.05) is 13.8 Å². The van der Waals surface area contributed by atoms with Crippen molar-refractivity contribution in [1.82, 2.24) is 30.2 Å². The fourth-order valence-corrected chi connectivity index (χ4v) is 6.34. The molecule has 2 rings (SSSR count). The Morgan fingerprint density at radius 2 is 1.47 bits per heavy atom. The molecule has 6 atom stereocenters. The standard InChI is InChI=1S/C33H54N6O10/c1-8-19(2)28(34-21(4)40)32(47)37(6)20(3)29(44)39-15-14-24(39)31(46)38(7)25(16-22-12-10-9-11-13-22)30(45)36(5)18-26(41)35-23(33(48)49)17-27(42)43/h19-20,22-25,28H,8-18H2,1-7H3,(H,34,40)(H,35,41)(H,42,43)(H,48,49)/t19-,20-,23-,24-,25-,28-/m0/s1. The van der Waals surface area contributed by atoms with E-state index in [-0.39, 0.29) is 24.3 Å². The minimum absolute atomic E-state index is 0.146. The number of carboxylic acids is 2. The van der Waals surface area contributed by atoms with Crippen molar-refractivity contribution in [3.63, 3.8) is 0 Å². The third-order valence-electron chi connectivity index (χ3n) is 9.86. The van der Waals surface area contributed by atoms with E-state index in [1.165, 1.54) is 42.8 Å². The van der Waals surface area contributed by atoms with Crippen molar-refractivity contribution in [3.8, 4) is 0 Å². The van der Waals surface area contributed by atoms with Crippen LogP contribution in [0.1, 0.15) is 85.5 Å². The molecule has 4 N–H and O–H groups in total. The molecule has 49 heavy (non-hydrogen) atoms. The summed E-state index contributed by atoms with van der Waals surface area (Å²) in [4.78, 5) is 107. The molecule has 0 bridgehead atoms. The number of aliphatic carboxylic acids is 2. The largest absolute Gasteiger partial charge is 0.481 e. The van der Waals surface area contributed by atoms with E-state index in [0.717, 1.165) is 37.0 Å². The van der Waals surface area contributed by atoms with Crippen LogP contribution in [0.5, 0.6) is 0 Å². The van der Waals surface area contributed by atoms with E-state index in [2.05, 4.69) is 10.6 Å². The van der Waals surface area contributed by atoms with Crippen LogP contribution in [-0.4, -0.2) is 142 Å². The number of likely N-dealkylation sites (tertiary alicyclic amines) is 1. The molecule has 16 nitrogen and oxygen atoms in total. The number of likely N-dealkylation sites (N-methyl/N-ethyl adjacent to an activating group) is 3. The monoisotopic (exact) mass is 694 g/mol. The predicted molar refractivity (Wildman–Crippen MR) is 177 cm³/mol. The van der Waals surface area contributed by atoms with Gasteiger partial charge in [-0.2, -0.15) is 0 Å². The van der Waals surface area contributed by atoms with Crippen molar-refractivity contribution in [3.05, 3.63) is 0 Å². The molecule has 0 unspecified atom stereocenters. The molecule has 0 spiro atoms. The Bertz CT molecular complexity index is 1250. The molecule has 0 radical (unpaired) electrons. The molecule has 1 aliphatic carbocycles. The number of hydrogen-bond acceptors (Lipinski definition) is 8. The molecule has 1 heterocycles. The third kappa shape index (κ3) is 11.1. The van der Waals surface area contributed by atoms with Gasteiger partial charge >= 0.3 is 11.9 Å². The second kappa shape index (κ2) is 18.5. The summed E-state index contributed by atoms with van der Waals surface area (Å²) in [6.07, 6.45) is 5.24. The summed E-state index contributed by atoms with van der Waals surface area (Å²) >= 11 is 0. The number of carbonyl (C=O) groups is 8. The molecule has 6 amide bonds. The van der Waals surface area contributed by atoms with Crippen molar-refractivity contribution in [1.29, 1.82) is 0 Å². The van der Waals surface area contributed by atoms with E-state index < -0.39 is 84.6 Å². The van der Waals surface area contributed by atoms with Crippen LogP contribution >= 0.6 is 0 Å². The minimum Gasteiger partial charge on any atom is -0.481 e. The summed E-state index contributed by atoms with van der Waals surface area (Å²) in [5.74, 6) is -6.10. The van der Waals surface area contributed by atoms with E-state index in [1.54, 1.807) is 6.92 Å². The van der Waals surface area contributed by atoms with Crippen LogP contribution in [0.25, 0.3) is 0 Å². The highest BCUT2D eigenvalue weighted by atomic mass is 16.4. The highest BCUT2D eigenvalue weighted by Gasteiger charge is 2.45. The summed E-state index contributed by atoms with van der Waals surface area (Å²) in [5, 5.41) is 23.0. The first-order chi connectivity index (χ1) is 22.9. The summed E-state index contributed by atoms with van der Waals surface area (Å²) in [7, 11) is 4.32. The molecular weight excluding hydrogens is 640 g/mol. The Morgan fingerprint density at radius 1 is 0.857 bits per heavy atom. The van der Waals surface area contributed by atoms with Crippen LogP contribution < -0.4 is 10.6 Å². The quantitative estimate of drug-likeness (QED) is 0.163. The zero-order valence-corrected chi connectivity index (χ0v) is 29.8. The van der Waals surface area contributed by atoms with E-state index >= 15 is 0 Å². The molecule has 1 saturated heterocycles. The van der Waals surface area contributed by atoms with Gasteiger partial charge in [0.15, 0.2) is 0 Å². The summed E-state index contributed by atoms with van der Waals surface area (Å²) in [6.45, 7) is 6.32. The average molecular weight is 695 g/mol.